The molecular formula is C14H18N4OS. The summed E-state index contributed by atoms with van der Waals surface area (Å²) in [6, 6.07) is 0. The number of amides is 1. The lowest BCUT2D eigenvalue weighted by Gasteiger charge is -2.23. The maximum Gasteiger partial charge on any atom is 0.263 e. The zero-order valence-corrected chi connectivity index (χ0v) is 12.5. The van der Waals surface area contributed by atoms with E-state index in [-0.39, 0.29) is 5.91 Å². The molecule has 0 radical (unpaired) electrons. The number of nitrogens with zero attached hydrogens (tertiary/aromatic N) is 3. The minimum Gasteiger partial charge on any atom is -0.351 e. The average molecular weight is 290 g/mol. The first kappa shape index (κ1) is 13.3. The third-order valence-electron chi connectivity index (χ3n) is 3.71. The van der Waals surface area contributed by atoms with Crippen molar-refractivity contribution < 1.29 is 4.79 Å². The molecule has 0 unspecified atom stereocenters. The second-order valence-electron chi connectivity index (χ2n) is 5.25. The van der Waals surface area contributed by atoms with E-state index in [4.69, 9.17) is 0 Å². The number of aromatic nitrogens is 3. The van der Waals surface area contributed by atoms with E-state index in [0.717, 1.165) is 40.8 Å². The van der Waals surface area contributed by atoms with Crippen LogP contribution in [0.15, 0.2) is 12.4 Å². The van der Waals surface area contributed by atoms with Gasteiger partial charge in [0.1, 0.15) is 10.7 Å². The van der Waals surface area contributed by atoms with Gasteiger partial charge < -0.3 is 9.88 Å². The van der Waals surface area contributed by atoms with Crippen LogP contribution >= 0.6 is 11.3 Å². The molecule has 5 nitrogen and oxygen atoms in total. The van der Waals surface area contributed by atoms with Gasteiger partial charge in [0.25, 0.3) is 5.91 Å². The van der Waals surface area contributed by atoms with Gasteiger partial charge in [0.05, 0.1) is 10.7 Å². The molecule has 106 valence electrons. The fourth-order valence-corrected chi connectivity index (χ4v) is 3.49. The number of fused-ring (bicyclic) bond motifs is 1. The zero-order valence-electron chi connectivity index (χ0n) is 11.7. The summed E-state index contributed by atoms with van der Waals surface area (Å²) in [5, 5.41) is 3.98. The van der Waals surface area contributed by atoms with Gasteiger partial charge in [-0.25, -0.2) is 9.97 Å². The molecule has 0 aromatic carbocycles. The zero-order chi connectivity index (χ0) is 14.1. The molecule has 2 aromatic heterocycles. The van der Waals surface area contributed by atoms with E-state index in [1.165, 1.54) is 11.3 Å². The van der Waals surface area contributed by atoms with E-state index in [0.29, 0.717) is 12.5 Å². The minimum absolute atomic E-state index is 0.00187. The Bertz CT molecular complexity index is 631. The van der Waals surface area contributed by atoms with E-state index in [1.54, 1.807) is 0 Å². The number of rotatable bonds is 3. The Morgan fingerprint density at radius 1 is 1.55 bits per heavy atom. The summed E-state index contributed by atoms with van der Waals surface area (Å²) in [6.45, 7) is 5.52. The van der Waals surface area contributed by atoms with Crippen molar-refractivity contribution in [1.82, 2.24) is 19.9 Å². The first-order valence-corrected chi connectivity index (χ1v) is 7.67. The molecule has 0 fully saturated rings. The van der Waals surface area contributed by atoms with Crippen LogP contribution in [0.1, 0.15) is 32.6 Å². The summed E-state index contributed by atoms with van der Waals surface area (Å²) < 4.78 is 2.19. The number of hydrogen-bond acceptors (Lipinski definition) is 4. The monoisotopic (exact) mass is 290 g/mol. The summed E-state index contributed by atoms with van der Waals surface area (Å²) in [5.74, 6) is 1.60. The van der Waals surface area contributed by atoms with E-state index >= 15 is 0 Å². The molecule has 1 atom stereocenters. The number of nitrogens with one attached hydrogen (secondary N) is 1. The van der Waals surface area contributed by atoms with Crippen LogP contribution in [0.5, 0.6) is 0 Å². The standard InChI is InChI=1S/C14H18N4OS/c1-9-13(20-10(2)17-9)14(19)16-8-11-3-5-18-6-4-15-12(18)7-11/h4,6,11H,3,5,7-8H2,1-2H3,(H,16,19)/t11-/m1/s1. The van der Waals surface area contributed by atoms with Crippen molar-refractivity contribution in [2.75, 3.05) is 6.54 Å². The lowest BCUT2D eigenvalue weighted by molar-refractivity contribution is 0.0948. The molecule has 0 aliphatic carbocycles. The number of thiazole rings is 1. The first-order valence-electron chi connectivity index (χ1n) is 6.85. The lowest BCUT2D eigenvalue weighted by atomic mass is 9.98. The highest BCUT2D eigenvalue weighted by Crippen LogP contribution is 2.20. The first-order chi connectivity index (χ1) is 9.63. The smallest absolute Gasteiger partial charge is 0.263 e. The Balaban J connectivity index is 1.58. The molecule has 2 aromatic rings. The van der Waals surface area contributed by atoms with Crippen LogP contribution in [0.2, 0.25) is 0 Å². The Labute approximate surface area is 122 Å². The molecule has 0 saturated heterocycles. The van der Waals surface area contributed by atoms with Crippen LogP contribution in [-0.2, 0) is 13.0 Å². The van der Waals surface area contributed by atoms with Crippen molar-refractivity contribution in [2.24, 2.45) is 5.92 Å². The Hall–Kier alpha value is -1.69. The number of aryl methyl sites for hydroxylation is 3. The van der Waals surface area contributed by atoms with E-state index in [1.807, 2.05) is 26.2 Å². The second-order valence-corrected chi connectivity index (χ2v) is 6.46. The van der Waals surface area contributed by atoms with Crippen molar-refractivity contribution >= 4 is 17.2 Å². The number of carbonyl (C=O) groups excluding carboxylic acids is 1. The van der Waals surface area contributed by atoms with Crippen LogP contribution in [0.25, 0.3) is 0 Å². The highest BCUT2D eigenvalue weighted by molar-refractivity contribution is 7.13. The predicted molar refractivity (Wildman–Crippen MR) is 78.0 cm³/mol. The van der Waals surface area contributed by atoms with Gasteiger partial charge in [-0.1, -0.05) is 0 Å². The third-order valence-corrected chi connectivity index (χ3v) is 4.78. The summed E-state index contributed by atoms with van der Waals surface area (Å²) in [4.78, 5) is 21.5. The van der Waals surface area contributed by atoms with Crippen molar-refractivity contribution in [3.63, 3.8) is 0 Å². The highest BCUT2D eigenvalue weighted by Gasteiger charge is 2.21. The summed E-state index contributed by atoms with van der Waals surface area (Å²) >= 11 is 1.46. The fraction of sp³-hybridized carbons (Fsp3) is 0.500. The van der Waals surface area contributed by atoms with Gasteiger partial charge in [0, 0.05) is 31.9 Å². The normalized spacial score (nSPS) is 17.8. The quantitative estimate of drug-likeness (QED) is 0.940. The molecule has 0 bridgehead atoms. The Morgan fingerprint density at radius 3 is 3.15 bits per heavy atom. The molecule has 3 heterocycles. The van der Waals surface area contributed by atoms with Crippen LogP contribution in [0.3, 0.4) is 0 Å². The molecule has 0 saturated carbocycles. The van der Waals surface area contributed by atoms with Crippen molar-refractivity contribution in [2.45, 2.75) is 33.2 Å². The van der Waals surface area contributed by atoms with Crippen LogP contribution < -0.4 is 5.32 Å². The molecule has 1 aliphatic heterocycles. The Kier molecular flexibility index (Phi) is 3.56. The SMILES string of the molecule is Cc1nc(C)c(C(=O)NC[C@@H]2CCn3ccnc3C2)s1. The molecule has 6 heteroatoms. The largest absolute Gasteiger partial charge is 0.351 e. The van der Waals surface area contributed by atoms with Gasteiger partial charge in [-0.05, 0) is 26.2 Å². The van der Waals surface area contributed by atoms with Crippen molar-refractivity contribution in [3.05, 3.63) is 33.8 Å². The van der Waals surface area contributed by atoms with Crippen molar-refractivity contribution in [1.29, 1.82) is 0 Å². The average Bonchev–Trinajstić information content (AvgIpc) is 3.01. The van der Waals surface area contributed by atoms with Crippen molar-refractivity contribution in [3.8, 4) is 0 Å². The van der Waals surface area contributed by atoms with Crippen LogP contribution in [0, 0.1) is 19.8 Å². The van der Waals surface area contributed by atoms with Gasteiger partial charge >= 0.3 is 0 Å². The van der Waals surface area contributed by atoms with Crippen LogP contribution in [-0.4, -0.2) is 27.0 Å². The molecular weight excluding hydrogens is 272 g/mol. The molecule has 0 spiro atoms. The minimum atomic E-state index is 0.00187. The van der Waals surface area contributed by atoms with Gasteiger partial charge in [0.15, 0.2) is 0 Å². The maximum absolute atomic E-state index is 12.2. The van der Waals surface area contributed by atoms with Gasteiger partial charge in [0.2, 0.25) is 0 Å². The molecule has 3 rings (SSSR count). The molecule has 1 aliphatic rings. The number of hydrogen-bond donors (Lipinski definition) is 1. The summed E-state index contributed by atoms with van der Waals surface area (Å²) in [7, 11) is 0. The maximum atomic E-state index is 12.2. The number of carbonyl (C=O) groups is 1. The topological polar surface area (TPSA) is 59.8 Å². The summed E-state index contributed by atoms with van der Waals surface area (Å²) in [5.41, 5.74) is 0.823. The fourth-order valence-electron chi connectivity index (χ4n) is 2.65. The molecule has 1 N–H and O–H groups in total. The molecule has 20 heavy (non-hydrogen) atoms. The third kappa shape index (κ3) is 2.60. The number of imidazole rings is 1. The predicted octanol–water partition coefficient (Wildman–Crippen LogP) is 1.95. The van der Waals surface area contributed by atoms with E-state index in [9.17, 15) is 4.79 Å². The second kappa shape index (κ2) is 5.36. The van der Waals surface area contributed by atoms with E-state index < -0.39 is 0 Å². The van der Waals surface area contributed by atoms with Gasteiger partial charge in [-0.2, -0.15) is 0 Å². The summed E-state index contributed by atoms with van der Waals surface area (Å²) in [6.07, 6.45) is 5.89. The van der Waals surface area contributed by atoms with E-state index in [2.05, 4.69) is 19.9 Å². The lowest BCUT2D eigenvalue weighted by Crippen LogP contribution is -2.33. The van der Waals surface area contributed by atoms with Gasteiger partial charge in [-0.15, -0.1) is 11.3 Å². The van der Waals surface area contributed by atoms with Gasteiger partial charge in [-0.3, -0.25) is 4.79 Å². The molecule has 1 amide bonds. The Morgan fingerprint density at radius 2 is 2.40 bits per heavy atom. The highest BCUT2D eigenvalue weighted by atomic mass is 32.1. The van der Waals surface area contributed by atoms with Crippen LogP contribution in [0.4, 0.5) is 0 Å².